The first-order valence-electron chi connectivity index (χ1n) is 6.90. The van der Waals surface area contributed by atoms with E-state index in [4.69, 9.17) is 16.3 Å². The molecule has 4 nitrogen and oxygen atoms in total. The lowest BCUT2D eigenvalue weighted by Crippen LogP contribution is -2.38. The van der Waals surface area contributed by atoms with Crippen LogP contribution in [-0.4, -0.2) is 44.7 Å². The molecule has 0 atom stereocenters. The van der Waals surface area contributed by atoms with Crippen molar-refractivity contribution in [3.63, 3.8) is 0 Å². The summed E-state index contributed by atoms with van der Waals surface area (Å²) in [6, 6.07) is 7.88. The monoisotopic (exact) mass is 297 g/mol. The van der Waals surface area contributed by atoms with E-state index in [0.717, 1.165) is 49.2 Å². The largest absolute Gasteiger partial charge is 0.385 e. The zero-order valence-electron chi connectivity index (χ0n) is 12.5. The quantitative estimate of drug-likeness (QED) is 0.478. The zero-order valence-corrected chi connectivity index (χ0v) is 13.3. The fourth-order valence-corrected chi connectivity index (χ4v) is 2.02. The maximum absolute atomic E-state index is 6.19. The predicted octanol–water partition coefficient (Wildman–Crippen LogP) is 2.77. The second kappa shape index (κ2) is 9.61. The van der Waals surface area contributed by atoms with Crippen LogP contribution in [0.1, 0.15) is 18.9 Å². The van der Waals surface area contributed by atoms with Gasteiger partial charge in [0.05, 0.1) is 0 Å². The summed E-state index contributed by atoms with van der Waals surface area (Å²) in [5.74, 6) is 0.892. The number of halogens is 1. The Morgan fingerprint density at radius 3 is 2.80 bits per heavy atom. The molecule has 20 heavy (non-hydrogen) atoms. The van der Waals surface area contributed by atoms with Crippen LogP contribution >= 0.6 is 11.6 Å². The highest BCUT2D eigenvalue weighted by molar-refractivity contribution is 6.31. The van der Waals surface area contributed by atoms with Gasteiger partial charge in [-0.05, 0) is 25.0 Å². The summed E-state index contributed by atoms with van der Waals surface area (Å²) in [6.07, 6.45) is 0.922. The minimum atomic E-state index is 0.732. The van der Waals surface area contributed by atoms with Crippen molar-refractivity contribution >= 4 is 17.6 Å². The van der Waals surface area contributed by atoms with Crippen molar-refractivity contribution in [3.05, 3.63) is 34.9 Å². The van der Waals surface area contributed by atoms with Crippen LogP contribution in [0.15, 0.2) is 29.3 Å². The molecule has 0 bridgehead atoms. The van der Waals surface area contributed by atoms with Gasteiger partial charge in [0, 0.05) is 45.4 Å². The van der Waals surface area contributed by atoms with Crippen molar-refractivity contribution in [3.8, 4) is 0 Å². The van der Waals surface area contributed by atoms with Gasteiger partial charge in [0.15, 0.2) is 5.96 Å². The van der Waals surface area contributed by atoms with Crippen molar-refractivity contribution in [2.24, 2.45) is 4.99 Å². The van der Waals surface area contributed by atoms with Crippen LogP contribution in [-0.2, 0) is 11.3 Å². The summed E-state index contributed by atoms with van der Waals surface area (Å²) in [6.45, 7) is 5.12. The van der Waals surface area contributed by atoms with Gasteiger partial charge in [-0.15, -0.1) is 0 Å². The maximum atomic E-state index is 6.19. The molecule has 1 rings (SSSR count). The van der Waals surface area contributed by atoms with Crippen molar-refractivity contribution in [2.75, 3.05) is 33.9 Å². The highest BCUT2D eigenvalue weighted by atomic mass is 35.5. The summed E-state index contributed by atoms with van der Waals surface area (Å²) >= 11 is 6.19. The minimum absolute atomic E-state index is 0.732. The Labute approximate surface area is 126 Å². The van der Waals surface area contributed by atoms with Gasteiger partial charge in [0.1, 0.15) is 0 Å². The average Bonchev–Trinajstić information content (AvgIpc) is 2.44. The number of methoxy groups -OCH3 is 1. The molecule has 0 spiro atoms. The molecule has 1 aromatic rings. The van der Waals surface area contributed by atoms with Gasteiger partial charge in [0.2, 0.25) is 0 Å². The smallest absolute Gasteiger partial charge is 0.193 e. The number of rotatable bonds is 7. The molecule has 0 unspecified atom stereocenters. The van der Waals surface area contributed by atoms with Crippen LogP contribution in [0.5, 0.6) is 0 Å². The van der Waals surface area contributed by atoms with Crippen molar-refractivity contribution in [1.82, 2.24) is 10.2 Å². The van der Waals surface area contributed by atoms with Crippen LogP contribution in [0.4, 0.5) is 0 Å². The van der Waals surface area contributed by atoms with Crippen molar-refractivity contribution < 1.29 is 4.74 Å². The molecule has 0 aromatic heterocycles. The molecule has 0 heterocycles. The lowest BCUT2D eigenvalue weighted by molar-refractivity contribution is 0.197. The second-order valence-electron chi connectivity index (χ2n) is 4.53. The predicted molar refractivity (Wildman–Crippen MR) is 85.4 cm³/mol. The lowest BCUT2D eigenvalue weighted by Gasteiger charge is -2.22. The Hall–Kier alpha value is -1.26. The van der Waals surface area contributed by atoms with Gasteiger partial charge >= 0.3 is 0 Å². The third-order valence-corrected chi connectivity index (χ3v) is 3.20. The van der Waals surface area contributed by atoms with Gasteiger partial charge in [-0.1, -0.05) is 29.8 Å². The van der Waals surface area contributed by atoms with Gasteiger partial charge in [-0.2, -0.15) is 0 Å². The minimum Gasteiger partial charge on any atom is -0.385 e. The van der Waals surface area contributed by atoms with Crippen LogP contribution in [0.25, 0.3) is 0 Å². The molecule has 5 heteroatoms. The van der Waals surface area contributed by atoms with Crippen molar-refractivity contribution in [2.45, 2.75) is 19.9 Å². The molecule has 0 aliphatic carbocycles. The number of ether oxygens (including phenoxy) is 1. The van der Waals surface area contributed by atoms with Gasteiger partial charge in [-0.3, -0.25) is 4.99 Å². The van der Waals surface area contributed by atoms with Crippen LogP contribution in [0, 0.1) is 0 Å². The highest BCUT2D eigenvalue weighted by Gasteiger charge is 2.08. The number of nitrogens with one attached hydrogen (secondary N) is 1. The maximum Gasteiger partial charge on any atom is 0.193 e. The topological polar surface area (TPSA) is 36.9 Å². The SMILES string of the molecule is CCNC(=NCCCOC)N(C)Cc1ccccc1Cl. The molecule has 0 aliphatic heterocycles. The molecule has 1 N–H and O–H groups in total. The van der Waals surface area contributed by atoms with Crippen LogP contribution in [0.2, 0.25) is 5.02 Å². The summed E-state index contributed by atoms with van der Waals surface area (Å²) in [5, 5.41) is 4.08. The van der Waals surface area contributed by atoms with E-state index in [9.17, 15) is 0 Å². The molecule has 0 saturated carbocycles. The molecule has 0 fully saturated rings. The van der Waals surface area contributed by atoms with Gasteiger partial charge in [-0.25, -0.2) is 0 Å². The number of benzene rings is 1. The van der Waals surface area contributed by atoms with Gasteiger partial charge in [0.25, 0.3) is 0 Å². The second-order valence-corrected chi connectivity index (χ2v) is 4.94. The summed E-state index contributed by atoms with van der Waals surface area (Å²) < 4.78 is 5.03. The molecule has 0 aliphatic rings. The Morgan fingerprint density at radius 1 is 1.40 bits per heavy atom. The van der Waals surface area contributed by atoms with Gasteiger partial charge < -0.3 is 15.0 Å². The van der Waals surface area contributed by atoms with E-state index < -0.39 is 0 Å². The van der Waals surface area contributed by atoms with E-state index in [0.29, 0.717) is 0 Å². The Balaban J connectivity index is 2.63. The summed E-state index contributed by atoms with van der Waals surface area (Å²) in [5.41, 5.74) is 1.10. The number of nitrogens with zero attached hydrogens (tertiary/aromatic N) is 2. The number of hydrogen-bond acceptors (Lipinski definition) is 2. The first-order valence-corrected chi connectivity index (χ1v) is 7.28. The highest BCUT2D eigenvalue weighted by Crippen LogP contribution is 2.16. The number of hydrogen-bond donors (Lipinski definition) is 1. The van der Waals surface area contributed by atoms with E-state index in [-0.39, 0.29) is 0 Å². The Morgan fingerprint density at radius 2 is 2.15 bits per heavy atom. The number of guanidine groups is 1. The van der Waals surface area contributed by atoms with Crippen LogP contribution < -0.4 is 5.32 Å². The molecule has 112 valence electrons. The fourth-order valence-electron chi connectivity index (χ4n) is 1.82. The molecular weight excluding hydrogens is 274 g/mol. The van der Waals surface area contributed by atoms with E-state index in [2.05, 4.69) is 22.1 Å². The van der Waals surface area contributed by atoms with Crippen LogP contribution in [0.3, 0.4) is 0 Å². The van der Waals surface area contributed by atoms with E-state index in [1.54, 1.807) is 7.11 Å². The third-order valence-electron chi connectivity index (χ3n) is 2.83. The third kappa shape index (κ3) is 5.80. The molecule has 0 radical (unpaired) electrons. The molecule has 1 aromatic carbocycles. The molecule has 0 saturated heterocycles. The lowest BCUT2D eigenvalue weighted by atomic mass is 10.2. The first kappa shape index (κ1) is 16.8. The average molecular weight is 298 g/mol. The normalized spacial score (nSPS) is 11.5. The number of aliphatic imine (C=N–C) groups is 1. The fraction of sp³-hybridized carbons (Fsp3) is 0.533. The van der Waals surface area contributed by atoms with E-state index >= 15 is 0 Å². The van der Waals surface area contributed by atoms with Crippen molar-refractivity contribution in [1.29, 1.82) is 0 Å². The van der Waals surface area contributed by atoms with E-state index in [1.807, 2.05) is 31.3 Å². The summed E-state index contributed by atoms with van der Waals surface area (Å²) in [7, 11) is 3.72. The Bertz CT molecular complexity index is 423. The molecular formula is C15H24ClN3O. The standard InChI is InChI=1S/C15H24ClN3O/c1-4-17-15(18-10-7-11-20-3)19(2)12-13-8-5-6-9-14(13)16/h5-6,8-9H,4,7,10-12H2,1-3H3,(H,17,18). The molecule has 0 amide bonds. The Kier molecular flexibility index (Phi) is 8.07. The van der Waals surface area contributed by atoms with E-state index in [1.165, 1.54) is 0 Å². The summed E-state index contributed by atoms with van der Waals surface area (Å²) in [4.78, 5) is 6.67. The zero-order chi connectivity index (χ0) is 14.8. The first-order chi connectivity index (χ1) is 9.69.